The number of hydrogen-bond donors (Lipinski definition) is 1. The molecule has 7 heteroatoms. The standard InChI is InChI=1S/C12H19NO4S2/c1-9(2)18(14,15)7-8-19(16,17)11-6-4-5-10(3)12(11)13/h4-6,9H,7-8,13H2,1-3H3. The highest BCUT2D eigenvalue weighted by Gasteiger charge is 2.24. The van der Waals surface area contributed by atoms with Crippen molar-refractivity contribution in [1.82, 2.24) is 0 Å². The minimum Gasteiger partial charge on any atom is -0.397 e. The minimum atomic E-state index is -3.68. The maximum atomic E-state index is 12.1. The molecule has 0 spiro atoms. The van der Waals surface area contributed by atoms with Crippen LogP contribution >= 0.6 is 0 Å². The maximum Gasteiger partial charge on any atom is 0.181 e. The average molecular weight is 305 g/mol. The third-order valence-corrected chi connectivity index (χ3v) is 7.21. The van der Waals surface area contributed by atoms with E-state index in [1.54, 1.807) is 19.1 Å². The van der Waals surface area contributed by atoms with Gasteiger partial charge in [-0.15, -0.1) is 0 Å². The number of aryl methyl sites for hydroxylation is 1. The van der Waals surface area contributed by atoms with E-state index in [9.17, 15) is 16.8 Å². The van der Waals surface area contributed by atoms with Crippen LogP contribution in [0.4, 0.5) is 5.69 Å². The quantitative estimate of drug-likeness (QED) is 0.824. The molecule has 0 aliphatic heterocycles. The lowest BCUT2D eigenvalue weighted by Gasteiger charge is -2.11. The van der Waals surface area contributed by atoms with E-state index in [2.05, 4.69) is 0 Å². The molecule has 1 aromatic carbocycles. The minimum absolute atomic E-state index is 0.00598. The van der Waals surface area contributed by atoms with Crippen molar-refractivity contribution in [1.29, 1.82) is 0 Å². The summed E-state index contributed by atoms with van der Waals surface area (Å²) < 4.78 is 47.6. The molecule has 0 unspecified atom stereocenters. The van der Waals surface area contributed by atoms with E-state index < -0.39 is 30.7 Å². The summed E-state index contributed by atoms with van der Waals surface area (Å²) in [7, 11) is -7.07. The van der Waals surface area contributed by atoms with Crippen LogP contribution in [-0.4, -0.2) is 33.6 Å². The third-order valence-electron chi connectivity index (χ3n) is 2.97. The van der Waals surface area contributed by atoms with Crippen LogP contribution in [0, 0.1) is 6.92 Å². The zero-order valence-corrected chi connectivity index (χ0v) is 12.9. The third kappa shape index (κ3) is 3.70. The molecule has 1 aromatic rings. The highest BCUT2D eigenvalue weighted by molar-refractivity contribution is 7.95. The molecule has 0 aromatic heterocycles. The lowest BCUT2D eigenvalue weighted by Crippen LogP contribution is -2.24. The molecule has 0 heterocycles. The fourth-order valence-electron chi connectivity index (χ4n) is 1.50. The van der Waals surface area contributed by atoms with E-state index in [4.69, 9.17) is 5.73 Å². The Balaban J connectivity index is 3.04. The SMILES string of the molecule is Cc1cccc(S(=O)(=O)CCS(=O)(=O)C(C)C)c1N. The molecule has 0 aliphatic rings. The molecule has 0 saturated heterocycles. The Kier molecular flexibility index (Phi) is 4.63. The van der Waals surface area contributed by atoms with Crippen LogP contribution in [0.1, 0.15) is 19.4 Å². The second-order valence-corrected chi connectivity index (χ2v) is 9.48. The molecule has 0 aliphatic carbocycles. The van der Waals surface area contributed by atoms with Gasteiger partial charge in [0.1, 0.15) is 0 Å². The summed E-state index contributed by atoms with van der Waals surface area (Å²) in [5.41, 5.74) is 6.58. The maximum absolute atomic E-state index is 12.1. The first kappa shape index (κ1) is 16.0. The summed E-state index contributed by atoms with van der Waals surface area (Å²) in [6.07, 6.45) is 0. The topological polar surface area (TPSA) is 94.3 Å². The number of para-hydroxylation sites is 1. The summed E-state index contributed by atoms with van der Waals surface area (Å²) in [4.78, 5) is 0.00598. The summed E-state index contributed by atoms with van der Waals surface area (Å²) in [5.74, 6) is -0.832. The molecule has 2 N–H and O–H groups in total. The van der Waals surface area contributed by atoms with Gasteiger partial charge in [0, 0.05) is 0 Å². The van der Waals surface area contributed by atoms with Gasteiger partial charge >= 0.3 is 0 Å². The Bertz CT molecular complexity index is 661. The first-order chi connectivity index (χ1) is 8.58. The van der Waals surface area contributed by atoms with Gasteiger partial charge in [0.15, 0.2) is 19.7 Å². The van der Waals surface area contributed by atoms with Gasteiger partial charge in [-0.3, -0.25) is 0 Å². The lowest BCUT2D eigenvalue weighted by molar-refractivity contribution is 0.582. The van der Waals surface area contributed by atoms with E-state index in [1.807, 2.05) is 0 Å². The van der Waals surface area contributed by atoms with Gasteiger partial charge < -0.3 is 5.73 Å². The van der Waals surface area contributed by atoms with E-state index in [1.165, 1.54) is 19.9 Å². The number of sulfone groups is 2. The Morgan fingerprint density at radius 3 is 2.21 bits per heavy atom. The molecule has 0 fully saturated rings. The van der Waals surface area contributed by atoms with Gasteiger partial charge in [-0.2, -0.15) is 0 Å². The molecular weight excluding hydrogens is 286 g/mol. The predicted octanol–water partition coefficient (Wildman–Crippen LogP) is 1.17. The molecule has 0 amide bonds. The van der Waals surface area contributed by atoms with Gasteiger partial charge in [0.05, 0.1) is 27.3 Å². The Hall–Kier alpha value is -1.08. The number of nitrogens with two attached hydrogens (primary N) is 1. The van der Waals surface area contributed by atoms with Crippen molar-refractivity contribution in [3.05, 3.63) is 23.8 Å². The highest BCUT2D eigenvalue weighted by Crippen LogP contribution is 2.23. The predicted molar refractivity (Wildman–Crippen MR) is 76.6 cm³/mol. The highest BCUT2D eigenvalue weighted by atomic mass is 32.2. The van der Waals surface area contributed by atoms with Gasteiger partial charge in [-0.1, -0.05) is 12.1 Å². The fourth-order valence-corrected chi connectivity index (χ4v) is 4.78. The molecule has 108 valence electrons. The summed E-state index contributed by atoms with van der Waals surface area (Å²) in [6.45, 7) is 4.77. The molecule has 0 bridgehead atoms. The normalized spacial score (nSPS) is 12.8. The van der Waals surface area contributed by atoms with Gasteiger partial charge in [0.2, 0.25) is 0 Å². The zero-order chi connectivity index (χ0) is 14.8. The van der Waals surface area contributed by atoms with Gasteiger partial charge in [-0.05, 0) is 32.4 Å². The Morgan fingerprint density at radius 2 is 1.68 bits per heavy atom. The van der Waals surface area contributed by atoms with Crippen LogP contribution in [0.2, 0.25) is 0 Å². The first-order valence-corrected chi connectivity index (χ1v) is 9.24. The largest absolute Gasteiger partial charge is 0.397 e. The molecular formula is C12H19NO4S2. The Labute approximate surface area is 114 Å². The van der Waals surface area contributed by atoms with Crippen LogP contribution < -0.4 is 5.73 Å². The van der Waals surface area contributed by atoms with Crippen LogP contribution in [0.15, 0.2) is 23.1 Å². The molecule has 0 atom stereocenters. The second kappa shape index (κ2) is 5.50. The van der Waals surface area contributed by atoms with Crippen molar-refractivity contribution in [2.24, 2.45) is 0 Å². The van der Waals surface area contributed by atoms with Crippen LogP contribution in [0.5, 0.6) is 0 Å². The monoisotopic (exact) mass is 305 g/mol. The smallest absolute Gasteiger partial charge is 0.181 e. The Morgan fingerprint density at radius 1 is 1.11 bits per heavy atom. The van der Waals surface area contributed by atoms with Crippen molar-refractivity contribution < 1.29 is 16.8 Å². The zero-order valence-electron chi connectivity index (χ0n) is 11.3. The lowest BCUT2D eigenvalue weighted by atomic mass is 10.2. The summed E-state index contributed by atoms with van der Waals surface area (Å²) in [6, 6.07) is 4.70. The number of anilines is 1. The number of benzene rings is 1. The fraction of sp³-hybridized carbons (Fsp3) is 0.500. The molecule has 5 nitrogen and oxygen atoms in total. The van der Waals surface area contributed by atoms with Crippen molar-refractivity contribution in [3.8, 4) is 0 Å². The number of rotatable bonds is 5. The average Bonchev–Trinajstić information content (AvgIpc) is 2.30. The number of nitrogen functional groups attached to an aromatic ring is 1. The molecule has 0 saturated carbocycles. The molecule has 0 radical (unpaired) electrons. The van der Waals surface area contributed by atoms with Crippen molar-refractivity contribution in [2.75, 3.05) is 17.2 Å². The first-order valence-electron chi connectivity index (χ1n) is 5.87. The van der Waals surface area contributed by atoms with Gasteiger partial charge in [0.25, 0.3) is 0 Å². The van der Waals surface area contributed by atoms with E-state index in [0.717, 1.165) is 0 Å². The van der Waals surface area contributed by atoms with E-state index in [-0.39, 0.29) is 16.3 Å². The van der Waals surface area contributed by atoms with Crippen LogP contribution in [-0.2, 0) is 19.7 Å². The van der Waals surface area contributed by atoms with Crippen molar-refractivity contribution >= 4 is 25.4 Å². The number of hydrogen-bond acceptors (Lipinski definition) is 5. The molecule has 19 heavy (non-hydrogen) atoms. The second-order valence-electron chi connectivity index (χ2n) is 4.72. The van der Waals surface area contributed by atoms with Gasteiger partial charge in [-0.25, -0.2) is 16.8 Å². The van der Waals surface area contributed by atoms with E-state index in [0.29, 0.717) is 5.56 Å². The molecule has 1 rings (SSSR count). The summed E-state index contributed by atoms with van der Waals surface area (Å²) in [5, 5.41) is -0.586. The van der Waals surface area contributed by atoms with Crippen molar-refractivity contribution in [3.63, 3.8) is 0 Å². The van der Waals surface area contributed by atoms with Crippen LogP contribution in [0.25, 0.3) is 0 Å². The van der Waals surface area contributed by atoms with E-state index >= 15 is 0 Å². The van der Waals surface area contributed by atoms with Crippen LogP contribution in [0.3, 0.4) is 0 Å². The van der Waals surface area contributed by atoms with Crippen molar-refractivity contribution in [2.45, 2.75) is 30.9 Å². The summed E-state index contributed by atoms with van der Waals surface area (Å²) >= 11 is 0.